The number of likely N-dealkylation sites (N-methyl/N-ethyl adjacent to an activating group) is 1. The Hall–Kier alpha value is -0.870. The van der Waals surface area contributed by atoms with Crippen molar-refractivity contribution in [1.29, 1.82) is 0 Å². The van der Waals surface area contributed by atoms with Crippen LogP contribution in [0, 0.1) is 0 Å². The summed E-state index contributed by atoms with van der Waals surface area (Å²) in [6.07, 6.45) is 4.27. The molecule has 4 heteroatoms. The third kappa shape index (κ3) is 2.82. The van der Waals surface area contributed by atoms with Gasteiger partial charge in [-0.3, -0.25) is 4.98 Å². The highest BCUT2D eigenvalue weighted by Gasteiger charge is 2.17. The molecule has 0 saturated carbocycles. The number of nitrogens with one attached hydrogen (secondary N) is 1. The molecule has 0 aromatic carbocycles. The zero-order valence-corrected chi connectivity index (χ0v) is 8.95. The normalized spacial score (nSPS) is 14.7. The Labute approximate surface area is 89.3 Å². The molecule has 0 spiro atoms. The minimum Gasteiger partial charge on any atom is -0.305 e. The Morgan fingerprint density at radius 3 is 2.71 bits per heavy atom. The fourth-order valence-corrected chi connectivity index (χ4v) is 1.68. The van der Waals surface area contributed by atoms with E-state index in [9.17, 15) is 4.79 Å². The lowest BCUT2D eigenvalue weighted by Gasteiger charge is -2.18. The van der Waals surface area contributed by atoms with Crippen LogP contribution in [0.4, 0.5) is 0 Å². The number of pyridine rings is 1. The molecule has 0 saturated heterocycles. The molecule has 0 amide bonds. The number of hydrogen-bond acceptors (Lipinski definition) is 4. The maximum absolute atomic E-state index is 10.9. The molecule has 14 heavy (non-hydrogen) atoms. The molecule has 1 heterocycles. The van der Waals surface area contributed by atoms with E-state index in [1.165, 1.54) is 0 Å². The van der Waals surface area contributed by atoms with Gasteiger partial charge in [-0.15, -0.1) is 0 Å². The van der Waals surface area contributed by atoms with Gasteiger partial charge in [0.15, 0.2) is 0 Å². The summed E-state index contributed by atoms with van der Waals surface area (Å²) in [7, 11) is 0. The molecule has 3 nitrogen and oxygen atoms in total. The van der Waals surface area contributed by atoms with Crippen LogP contribution in [0.1, 0.15) is 18.4 Å². The molecule has 0 aliphatic rings. The van der Waals surface area contributed by atoms with Crippen molar-refractivity contribution < 1.29 is 4.79 Å². The van der Waals surface area contributed by atoms with Crippen LogP contribution < -0.4 is 5.32 Å². The second-order valence-electron chi connectivity index (χ2n) is 2.94. The highest BCUT2D eigenvalue weighted by atomic mass is 32.1. The summed E-state index contributed by atoms with van der Waals surface area (Å²) in [5.74, 6) is -0.221. The van der Waals surface area contributed by atoms with E-state index >= 15 is 0 Å². The summed E-state index contributed by atoms with van der Waals surface area (Å²) in [6.45, 7) is 2.78. The van der Waals surface area contributed by atoms with E-state index in [-0.39, 0.29) is 11.3 Å². The van der Waals surface area contributed by atoms with Crippen LogP contribution in [0.15, 0.2) is 24.5 Å². The molecular weight excluding hydrogens is 196 g/mol. The number of carbonyl (C=O) groups is 1. The van der Waals surface area contributed by atoms with E-state index < -0.39 is 0 Å². The van der Waals surface area contributed by atoms with Gasteiger partial charge in [-0.25, -0.2) is 0 Å². The smallest absolute Gasteiger partial charge is 0.129 e. The summed E-state index contributed by atoms with van der Waals surface area (Å²) >= 11 is 4.33. The minimum absolute atomic E-state index is 0.139. The van der Waals surface area contributed by atoms with Gasteiger partial charge < -0.3 is 10.1 Å². The maximum atomic E-state index is 10.9. The molecule has 0 aliphatic heterocycles. The molecule has 1 rings (SSSR count). The highest BCUT2D eigenvalue weighted by Crippen LogP contribution is 2.18. The topological polar surface area (TPSA) is 42.0 Å². The lowest BCUT2D eigenvalue weighted by atomic mass is 10.0. The van der Waals surface area contributed by atoms with Crippen molar-refractivity contribution in [3.63, 3.8) is 0 Å². The van der Waals surface area contributed by atoms with Crippen LogP contribution in [0.5, 0.6) is 0 Å². The van der Waals surface area contributed by atoms with Gasteiger partial charge in [0.1, 0.15) is 6.29 Å². The fraction of sp³-hybridized carbons (Fsp3) is 0.400. The van der Waals surface area contributed by atoms with Crippen molar-refractivity contribution in [2.24, 2.45) is 0 Å². The predicted molar refractivity (Wildman–Crippen MR) is 59.5 cm³/mol. The van der Waals surface area contributed by atoms with Crippen LogP contribution in [0.2, 0.25) is 0 Å². The van der Waals surface area contributed by atoms with Crippen LogP contribution in [0.25, 0.3) is 0 Å². The molecule has 76 valence electrons. The molecule has 1 aromatic rings. The lowest BCUT2D eigenvalue weighted by molar-refractivity contribution is -0.109. The molecule has 0 bridgehead atoms. The van der Waals surface area contributed by atoms with Crippen LogP contribution >= 0.6 is 12.6 Å². The quantitative estimate of drug-likeness (QED) is 0.436. The van der Waals surface area contributed by atoms with Gasteiger partial charge in [0, 0.05) is 12.4 Å². The van der Waals surface area contributed by atoms with E-state index in [2.05, 4.69) is 22.9 Å². The SMILES string of the molecule is CCNC(S)C(C=O)c1ccncc1. The molecule has 0 fully saturated rings. The number of rotatable bonds is 5. The average Bonchev–Trinajstić information content (AvgIpc) is 2.21. The van der Waals surface area contributed by atoms with Gasteiger partial charge in [-0.1, -0.05) is 6.92 Å². The summed E-state index contributed by atoms with van der Waals surface area (Å²) in [5, 5.41) is 2.97. The van der Waals surface area contributed by atoms with Crippen molar-refractivity contribution >= 4 is 18.9 Å². The average molecular weight is 210 g/mol. The second kappa shape index (κ2) is 5.78. The Morgan fingerprint density at radius 1 is 1.57 bits per heavy atom. The van der Waals surface area contributed by atoms with Crippen LogP contribution in [0.3, 0.4) is 0 Å². The van der Waals surface area contributed by atoms with E-state index in [1.807, 2.05) is 19.1 Å². The second-order valence-corrected chi connectivity index (χ2v) is 3.50. The standard InChI is InChI=1S/C10H14N2OS/c1-2-12-10(14)9(7-13)8-3-5-11-6-4-8/h3-7,9-10,12,14H,2H2,1H3. The van der Waals surface area contributed by atoms with Gasteiger partial charge in [-0.2, -0.15) is 12.6 Å². The van der Waals surface area contributed by atoms with Gasteiger partial charge in [0.05, 0.1) is 11.3 Å². The number of carbonyl (C=O) groups excluding carboxylic acids is 1. The molecular formula is C10H14N2OS. The first-order valence-electron chi connectivity index (χ1n) is 4.56. The first-order chi connectivity index (χ1) is 6.79. The Balaban J connectivity index is 2.76. The summed E-state index contributed by atoms with van der Waals surface area (Å²) in [5.41, 5.74) is 0.941. The fourth-order valence-electron chi connectivity index (χ4n) is 1.26. The van der Waals surface area contributed by atoms with Crippen molar-refractivity contribution in [2.45, 2.75) is 18.2 Å². The van der Waals surface area contributed by atoms with Crippen LogP contribution in [-0.4, -0.2) is 23.2 Å². The van der Waals surface area contributed by atoms with E-state index in [4.69, 9.17) is 0 Å². The van der Waals surface area contributed by atoms with E-state index in [0.29, 0.717) is 0 Å². The zero-order valence-electron chi connectivity index (χ0n) is 8.05. The highest BCUT2D eigenvalue weighted by molar-refractivity contribution is 7.81. The molecule has 0 aliphatic carbocycles. The summed E-state index contributed by atoms with van der Waals surface area (Å²) < 4.78 is 0. The monoisotopic (exact) mass is 210 g/mol. The third-order valence-electron chi connectivity index (χ3n) is 1.99. The maximum Gasteiger partial charge on any atom is 0.129 e. The van der Waals surface area contributed by atoms with E-state index in [1.54, 1.807) is 12.4 Å². The third-order valence-corrected chi connectivity index (χ3v) is 2.49. The number of hydrogen-bond donors (Lipinski definition) is 2. The van der Waals surface area contributed by atoms with Gasteiger partial charge in [-0.05, 0) is 24.2 Å². The minimum atomic E-state index is -0.221. The molecule has 2 unspecified atom stereocenters. The van der Waals surface area contributed by atoms with Crippen molar-refractivity contribution in [3.05, 3.63) is 30.1 Å². The largest absolute Gasteiger partial charge is 0.305 e. The lowest BCUT2D eigenvalue weighted by Crippen LogP contribution is -2.30. The molecule has 1 N–H and O–H groups in total. The van der Waals surface area contributed by atoms with Crippen molar-refractivity contribution in [1.82, 2.24) is 10.3 Å². The number of thiol groups is 1. The zero-order chi connectivity index (χ0) is 10.4. The molecule has 1 aromatic heterocycles. The van der Waals surface area contributed by atoms with Crippen molar-refractivity contribution in [2.75, 3.05) is 6.54 Å². The number of nitrogens with zero attached hydrogens (tertiary/aromatic N) is 1. The van der Waals surface area contributed by atoms with Gasteiger partial charge in [0.2, 0.25) is 0 Å². The summed E-state index contributed by atoms with van der Waals surface area (Å²) in [6, 6.07) is 3.67. The predicted octanol–water partition coefficient (Wildman–Crippen LogP) is 1.23. The van der Waals surface area contributed by atoms with Gasteiger partial charge in [0.25, 0.3) is 0 Å². The first kappa shape index (κ1) is 11.2. The Morgan fingerprint density at radius 2 is 2.21 bits per heavy atom. The van der Waals surface area contributed by atoms with Gasteiger partial charge >= 0.3 is 0 Å². The first-order valence-corrected chi connectivity index (χ1v) is 5.08. The number of aromatic nitrogens is 1. The molecule has 2 atom stereocenters. The Kier molecular flexibility index (Phi) is 4.62. The molecule has 0 radical (unpaired) electrons. The van der Waals surface area contributed by atoms with Crippen LogP contribution in [-0.2, 0) is 4.79 Å². The summed E-state index contributed by atoms with van der Waals surface area (Å²) in [4.78, 5) is 14.8. The Bertz CT molecular complexity index is 279. The number of aldehydes is 1. The van der Waals surface area contributed by atoms with E-state index in [0.717, 1.165) is 18.4 Å². The van der Waals surface area contributed by atoms with Crippen molar-refractivity contribution in [3.8, 4) is 0 Å².